The van der Waals surface area contributed by atoms with Gasteiger partial charge in [0.05, 0.1) is 18.2 Å². The molecule has 2 aliphatic rings. The third-order valence-corrected chi connectivity index (χ3v) is 6.01. The van der Waals surface area contributed by atoms with Crippen molar-refractivity contribution >= 4 is 5.91 Å². The molecule has 8 heteroatoms. The lowest BCUT2D eigenvalue weighted by molar-refractivity contribution is -0.143. The number of benzene rings is 1. The molecule has 1 saturated heterocycles. The molecule has 0 spiro atoms. The molecule has 1 aromatic carbocycles. The molecule has 1 atom stereocenters. The highest BCUT2D eigenvalue weighted by atomic mass is 16.5. The highest BCUT2D eigenvalue weighted by molar-refractivity contribution is 5.80. The van der Waals surface area contributed by atoms with Gasteiger partial charge in [0.2, 0.25) is 5.91 Å². The van der Waals surface area contributed by atoms with Gasteiger partial charge in [-0.25, -0.2) is 9.36 Å². The molecular weight excluding hydrogens is 394 g/mol. The smallest absolute Gasteiger partial charge is 0.266 e. The van der Waals surface area contributed by atoms with E-state index >= 15 is 0 Å². The number of ether oxygens (including phenoxy) is 1. The summed E-state index contributed by atoms with van der Waals surface area (Å²) in [7, 11) is 0. The number of rotatable bonds is 4. The molecule has 1 amide bonds. The van der Waals surface area contributed by atoms with Crippen LogP contribution >= 0.6 is 0 Å². The molecular formula is C23H25N5O3. The Labute approximate surface area is 180 Å². The Morgan fingerprint density at radius 3 is 2.71 bits per heavy atom. The fourth-order valence-corrected chi connectivity index (χ4v) is 4.40. The van der Waals surface area contributed by atoms with Crippen LogP contribution in [0.2, 0.25) is 0 Å². The van der Waals surface area contributed by atoms with Gasteiger partial charge in [0.15, 0.2) is 5.82 Å². The van der Waals surface area contributed by atoms with Crippen molar-refractivity contribution in [3.8, 4) is 11.6 Å². The standard InChI is InChI=1S/C23H25N5O3/c1-15-9-16(2)28(24-15)21-7-8-22(29)27(25-21)13-17-11-26(12-17)23(30)19-10-18-5-3-4-6-20(18)31-14-19/h3-9,17,19H,10-14H2,1-2H3. The van der Waals surface area contributed by atoms with Gasteiger partial charge < -0.3 is 9.64 Å². The lowest BCUT2D eigenvalue weighted by Crippen LogP contribution is -2.55. The number of carbonyl (C=O) groups excluding carboxylic acids is 1. The van der Waals surface area contributed by atoms with Crippen molar-refractivity contribution in [2.75, 3.05) is 19.7 Å². The van der Waals surface area contributed by atoms with Crippen LogP contribution < -0.4 is 10.3 Å². The number of hydrogen-bond acceptors (Lipinski definition) is 5. The van der Waals surface area contributed by atoms with Crippen LogP contribution in [0.5, 0.6) is 5.75 Å². The second kappa shape index (κ2) is 7.68. The van der Waals surface area contributed by atoms with Gasteiger partial charge in [-0.2, -0.15) is 5.10 Å². The van der Waals surface area contributed by atoms with Crippen LogP contribution in [-0.4, -0.2) is 50.1 Å². The minimum absolute atomic E-state index is 0.127. The summed E-state index contributed by atoms with van der Waals surface area (Å²) < 4.78 is 8.99. The van der Waals surface area contributed by atoms with E-state index < -0.39 is 0 Å². The molecule has 0 bridgehead atoms. The van der Waals surface area contributed by atoms with Crippen LogP contribution in [0.4, 0.5) is 0 Å². The predicted octanol–water partition coefficient (Wildman–Crippen LogP) is 1.76. The van der Waals surface area contributed by atoms with Crippen molar-refractivity contribution in [1.82, 2.24) is 24.5 Å². The molecule has 160 valence electrons. The zero-order chi connectivity index (χ0) is 21.5. The van der Waals surface area contributed by atoms with E-state index in [-0.39, 0.29) is 23.3 Å². The van der Waals surface area contributed by atoms with E-state index in [1.807, 2.05) is 49.1 Å². The Morgan fingerprint density at radius 1 is 1.13 bits per heavy atom. The normalized spacial score (nSPS) is 18.3. The fourth-order valence-electron chi connectivity index (χ4n) is 4.40. The summed E-state index contributed by atoms with van der Waals surface area (Å²) in [5, 5.41) is 8.95. The maximum atomic E-state index is 12.9. The number of nitrogens with zero attached hydrogens (tertiary/aromatic N) is 5. The Balaban J connectivity index is 1.22. The largest absolute Gasteiger partial charge is 0.492 e. The fraction of sp³-hybridized carbons (Fsp3) is 0.391. The molecule has 0 N–H and O–H groups in total. The van der Waals surface area contributed by atoms with E-state index in [1.165, 1.54) is 10.7 Å². The van der Waals surface area contributed by atoms with Crippen molar-refractivity contribution in [3.05, 3.63) is 69.8 Å². The molecule has 8 nitrogen and oxygen atoms in total. The van der Waals surface area contributed by atoms with E-state index in [2.05, 4.69) is 10.2 Å². The van der Waals surface area contributed by atoms with Crippen LogP contribution in [-0.2, 0) is 17.8 Å². The number of para-hydroxylation sites is 1. The van der Waals surface area contributed by atoms with Gasteiger partial charge in [0.25, 0.3) is 5.56 Å². The maximum absolute atomic E-state index is 12.9. The summed E-state index contributed by atoms with van der Waals surface area (Å²) in [5.74, 6) is 1.69. The van der Waals surface area contributed by atoms with Gasteiger partial charge >= 0.3 is 0 Å². The lowest BCUT2D eigenvalue weighted by atomic mass is 9.92. The van der Waals surface area contributed by atoms with Crippen LogP contribution in [0.15, 0.2) is 47.3 Å². The summed E-state index contributed by atoms with van der Waals surface area (Å²) in [6.07, 6.45) is 0.710. The van der Waals surface area contributed by atoms with E-state index in [0.29, 0.717) is 38.5 Å². The molecule has 2 aliphatic heterocycles. The van der Waals surface area contributed by atoms with Crippen molar-refractivity contribution in [2.24, 2.45) is 11.8 Å². The molecule has 5 rings (SSSR count). The highest BCUT2D eigenvalue weighted by Crippen LogP contribution is 2.29. The summed E-state index contributed by atoms with van der Waals surface area (Å²) >= 11 is 0. The first kappa shape index (κ1) is 19.5. The average Bonchev–Trinajstić information content (AvgIpc) is 3.08. The first-order valence-electron chi connectivity index (χ1n) is 10.6. The second-order valence-corrected chi connectivity index (χ2v) is 8.48. The van der Waals surface area contributed by atoms with Crippen molar-refractivity contribution < 1.29 is 9.53 Å². The van der Waals surface area contributed by atoms with Gasteiger partial charge in [-0.15, -0.1) is 5.10 Å². The third kappa shape index (κ3) is 3.73. The first-order valence-corrected chi connectivity index (χ1v) is 10.6. The van der Waals surface area contributed by atoms with Gasteiger partial charge in [-0.05, 0) is 44.0 Å². The Bertz CT molecular complexity index is 1190. The maximum Gasteiger partial charge on any atom is 0.266 e. The Hall–Kier alpha value is -3.42. The van der Waals surface area contributed by atoms with Crippen LogP contribution in [0.3, 0.4) is 0 Å². The van der Waals surface area contributed by atoms with Gasteiger partial charge in [-0.3, -0.25) is 9.59 Å². The summed E-state index contributed by atoms with van der Waals surface area (Å²) in [6, 6.07) is 13.1. The zero-order valence-corrected chi connectivity index (χ0v) is 17.7. The quantitative estimate of drug-likeness (QED) is 0.644. The number of likely N-dealkylation sites (tertiary alicyclic amines) is 1. The predicted molar refractivity (Wildman–Crippen MR) is 114 cm³/mol. The number of amides is 1. The van der Waals surface area contributed by atoms with Crippen LogP contribution in [0, 0.1) is 25.7 Å². The Morgan fingerprint density at radius 2 is 1.94 bits per heavy atom. The van der Waals surface area contributed by atoms with E-state index in [9.17, 15) is 9.59 Å². The Kier molecular flexibility index (Phi) is 4.84. The average molecular weight is 419 g/mol. The molecule has 2 aromatic heterocycles. The van der Waals surface area contributed by atoms with Gasteiger partial charge in [0.1, 0.15) is 12.4 Å². The van der Waals surface area contributed by atoms with Crippen molar-refractivity contribution in [3.63, 3.8) is 0 Å². The zero-order valence-electron chi connectivity index (χ0n) is 17.7. The highest BCUT2D eigenvalue weighted by Gasteiger charge is 2.36. The molecule has 1 unspecified atom stereocenters. The van der Waals surface area contributed by atoms with Crippen molar-refractivity contribution in [2.45, 2.75) is 26.8 Å². The first-order chi connectivity index (χ1) is 15.0. The van der Waals surface area contributed by atoms with Crippen LogP contribution in [0.25, 0.3) is 5.82 Å². The molecule has 1 fully saturated rings. The van der Waals surface area contributed by atoms with Crippen LogP contribution in [0.1, 0.15) is 17.0 Å². The summed E-state index contributed by atoms with van der Waals surface area (Å²) in [4.78, 5) is 27.1. The van der Waals surface area contributed by atoms with Crippen molar-refractivity contribution in [1.29, 1.82) is 0 Å². The minimum Gasteiger partial charge on any atom is -0.492 e. The van der Waals surface area contributed by atoms with E-state index in [4.69, 9.17) is 4.74 Å². The molecule has 0 saturated carbocycles. The second-order valence-electron chi connectivity index (χ2n) is 8.48. The molecule has 3 aromatic rings. The van der Waals surface area contributed by atoms with Gasteiger partial charge in [-0.1, -0.05) is 18.2 Å². The molecule has 0 radical (unpaired) electrons. The number of fused-ring (bicyclic) bond motifs is 1. The molecule has 31 heavy (non-hydrogen) atoms. The van der Waals surface area contributed by atoms with E-state index in [0.717, 1.165) is 22.7 Å². The summed E-state index contributed by atoms with van der Waals surface area (Å²) in [5.41, 5.74) is 2.81. The van der Waals surface area contributed by atoms with E-state index in [1.54, 1.807) is 10.7 Å². The topological polar surface area (TPSA) is 82.2 Å². The SMILES string of the molecule is Cc1cc(C)n(-c2ccc(=O)n(CC3CN(C(=O)C4COc5ccccc5C4)C3)n2)n1. The monoisotopic (exact) mass is 419 g/mol. The minimum atomic E-state index is -0.147. The number of carbonyl (C=O) groups is 1. The molecule has 0 aliphatic carbocycles. The van der Waals surface area contributed by atoms with Gasteiger partial charge in [0, 0.05) is 30.8 Å². The third-order valence-electron chi connectivity index (χ3n) is 6.01. The number of aromatic nitrogens is 4. The number of aryl methyl sites for hydroxylation is 2. The summed E-state index contributed by atoms with van der Waals surface area (Å²) in [6.45, 7) is 6.06. The lowest BCUT2D eigenvalue weighted by Gasteiger charge is -2.41. The molecule has 4 heterocycles. The number of hydrogen-bond donors (Lipinski definition) is 0.